The average Bonchev–Trinajstić information content (AvgIpc) is 3.16. The van der Waals surface area contributed by atoms with Gasteiger partial charge >= 0.3 is 6.09 Å². The molecule has 2 fully saturated rings. The number of ketones is 2. The predicted octanol–water partition coefficient (Wildman–Crippen LogP) is -1.97. The van der Waals surface area contributed by atoms with Crippen LogP contribution in [0.3, 0.4) is 0 Å². The third-order valence-corrected chi connectivity index (χ3v) is 5.75. The van der Waals surface area contributed by atoms with Crippen molar-refractivity contribution in [3.05, 3.63) is 22.5 Å². The van der Waals surface area contributed by atoms with E-state index < -0.39 is 29.2 Å². The number of ether oxygens (including phenoxy) is 2. The molecule has 1 saturated carbocycles. The number of Topliss-reactive ketones (excluding diaryl/α,β-unsaturated/α-hetero) is 2. The molecule has 1 unspecified atom stereocenters. The van der Waals surface area contributed by atoms with Crippen LogP contribution < -0.4 is 22.5 Å². The van der Waals surface area contributed by atoms with Gasteiger partial charge in [0.05, 0.1) is 12.0 Å². The summed E-state index contributed by atoms with van der Waals surface area (Å²) in [5, 5.41) is 3.29. The maximum absolute atomic E-state index is 12.7. The summed E-state index contributed by atoms with van der Waals surface area (Å²) in [5.41, 5.74) is 15.8. The van der Waals surface area contributed by atoms with E-state index in [0.717, 1.165) is 0 Å². The molecule has 0 bridgehead atoms. The van der Waals surface area contributed by atoms with Gasteiger partial charge in [0.25, 0.3) is 0 Å². The van der Waals surface area contributed by atoms with Gasteiger partial charge in [-0.1, -0.05) is 0 Å². The zero-order valence-electron chi connectivity index (χ0n) is 13.0. The number of fused-ring (bicyclic) bond motifs is 4. The highest BCUT2D eigenvalue weighted by atomic mass is 16.5. The SMILES string of the molecule is CO[C@@]12C(C[C@@H]3N[C@@H]31)C1=C(C(=O)C(N)=C(N)C1=O)[C@H]2COC(N)=O. The second kappa shape index (κ2) is 4.58. The van der Waals surface area contributed by atoms with Crippen LogP contribution in [0.15, 0.2) is 22.5 Å². The van der Waals surface area contributed by atoms with Gasteiger partial charge < -0.3 is 32.0 Å². The summed E-state index contributed by atoms with van der Waals surface area (Å²) < 4.78 is 10.8. The molecule has 4 aliphatic rings. The Morgan fingerprint density at radius 2 is 1.88 bits per heavy atom. The molecule has 5 atom stereocenters. The lowest BCUT2D eigenvalue weighted by atomic mass is 9.80. The minimum Gasteiger partial charge on any atom is -0.449 e. The van der Waals surface area contributed by atoms with Crippen LogP contribution in [-0.2, 0) is 19.1 Å². The molecular formula is C15H18N4O5. The first-order valence-electron chi connectivity index (χ1n) is 7.66. The topological polar surface area (TPSA) is 170 Å². The van der Waals surface area contributed by atoms with Gasteiger partial charge in [-0.05, 0) is 6.42 Å². The maximum Gasteiger partial charge on any atom is 0.404 e. The summed E-state index contributed by atoms with van der Waals surface area (Å²) in [6, 6.07) is 0.176. The number of primary amides is 1. The number of piperidine rings is 1. The summed E-state index contributed by atoms with van der Waals surface area (Å²) in [7, 11) is 1.53. The van der Waals surface area contributed by atoms with Crippen LogP contribution in [0, 0.1) is 11.8 Å². The van der Waals surface area contributed by atoms with E-state index in [-0.39, 0.29) is 41.6 Å². The lowest BCUT2D eigenvalue weighted by molar-refractivity contribution is -0.117. The Morgan fingerprint density at radius 3 is 2.46 bits per heavy atom. The zero-order chi connectivity index (χ0) is 17.4. The maximum atomic E-state index is 12.7. The molecule has 0 aromatic carbocycles. The minimum atomic E-state index is -0.956. The first kappa shape index (κ1) is 15.2. The van der Waals surface area contributed by atoms with Crippen LogP contribution in [0.2, 0.25) is 0 Å². The first-order chi connectivity index (χ1) is 11.3. The Labute approximate surface area is 137 Å². The van der Waals surface area contributed by atoms with E-state index in [1.54, 1.807) is 0 Å². The number of hydrogen-bond donors (Lipinski definition) is 4. The van der Waals surface area contributed by atoms with Crippen molar-refractivity contribution in [2.75, 3.05) is 13.7 Å². The number of nitrogens with two attached hydrogens (primary N) is 3. The van der Waals surface area contributed by atoms with E-state index in [4.69, 9.17) is 26.7 Å². The Kier molecular flexibility index (Phi) is 2.89. The molecule has 1 saturated heterocycles. The van der Waals surface area contributed by atoms with Crippen molar-refractivity contribution in [3.8, 4) is 0 Å². The van der Waals surface area contributed by atoms with Gasteiger partial charge in [-0.25, -0.2) is 4.79 Å². The van der Waals surface area contributed by atoms with E-state index in [9.17, 15) is 14.4 Å². The van der Waals surface area contributed by atoms with Crippen molar-refractivity contribution >= 4 is 17.7 Å². The lowest BCUT2D eigenvalue weighted by Gasteiger charge is -2.37. The van der Waals surface area contributed by atoms with E-state index >= 15 is 0 Å². The molecule has 3 aliphatic carbocycles. The quantitative estimate of drug-likeness (QED) is 0.340. The number of nitrogens with one attached hydrogen (secondary N) is 1. The molecule has 128 valence electrons. The first-order valence-corrected chi connectivity index (χ1v) is 7.66. The summed E-state index contributed by atoms with van der Waals surface area (Å²) in [5.74, 6) is -1.85. The minimum absolute atomic E-state index is 0.0253. The molecule has 1 amide bonds. The standard InChI is InChI=1S/C15H18N4O5/c1-23-15-4(2-6-13(15)19-6)7-8(5(15)3-24-14(18)22)12(21)10(17)9(16)11(7)20/h4-6,13,19H,2-3,16-17H2,1H3,(H2,18,22)/t4?,5-,6+,13+,15-/m1/s1. The highest BCUT2D eigenvalue weighted by molar-refractivity contribution is 6.25. The van der Waals surface area contributed by atoms with Crippen LogP contribution in [0.4, 0.5) is 4.79 Å². The summed E-state index contributed by atoms with van der Waals surface area (Å²) in [6.45, 7) is -0.157. The Hall–Kier alpha value is -2.39. The largest absolute Gasteiger partial charge is 0.449 e. The van der Waals surface area contributed by atoms with Crippen molar-refractivity contribution in [1.82, 2.24) is 5.32 Å². The second-order valence-electron chi connectivity index (χ2n) is 6.59. The van der Waals surface area contributed by atoms with Crippen molar-refractivity contribution in [3.63, 3.8) is 0 Å². The second-order valence-corrected chi connectivity index (χ2v) is 6.59. The van der Waals surface area contributed by atoms with Gasteiger partial charge in [-0.15, -0.1) is 0 Å². The summed E-state index contributed by atoms with van der Waals surface area (Å²) in [4.78, 5) is 36.5. The number of rotatable bonds is 3. The molecule has 0 aromatic rings. The molecule has 4 rings (SSSR count). The fourth-order valence-electron chi connectivity index (χ4n) is 4.77. The van der Waals surface area contributed by atoms with Crippen LogP contribution >= 0.6 is 0 Å². The highest BCUT2D eigenvalue weighted by Crippen LogP contribution is 2.61. The summed E-state index contributed by atoms with van der Waals surface area (Å²) >= 11 is 0. The van der Waals surface area contributed by atoms with Crippen molar-refractivity contribution < 1.29 is 23.9 Å². The Bertz CT molecular complexity index is 757. The lowest BCUT2D eigenvalue weighted by Crippen LogP contribution is -2.50. The fraction of sp³-hybridized carbons (Fsp3) is 0.533. The molecule has 9 heteroatoms. The van der Waals surface area contributed by atoms with E-state index in [0.29, 0.717) is 12.0 Å². The number of carbonyl (C=O) groups excluding carboxylic acids is 3. The average molecular weight is 334 g/mol. The van der Waals surface area contributed by atoms with Gasteiger partial charge in [0.15, 0.2) is 0 Å². The van der Waals surface area contributed by atoms with Gasteiger partial charge in [0.1, 0.15) is 23.6 Å². The fourth-order valence-corrected chi connectivity index (χ4v) is 4.77. The van der Waals surface area contributed by atoms with Crippen LogP contribution in [0.1, 0.15) is 6.42 Å². The summed E-state index contributed by atoms with van der Waals surface area (Å²) in [6.07, 6.45) is -0.306. The van der Waals surface area contributed by atoms with Crippen molar-refractivity contribution in [2.24, 2.45) is 29.0 Å². The molecule has 9 nitrogen and oxygen atoms in total. The zero-order valence-corrected chi connectivity index (χ0v) is 13.0. The van der Waals surface area contributed by atoms with Gasteiger partial charge in [-0.2, -0.15) is 0 Å². The molecular weight excluding hydrogens is 316 g/mol. The molecule has 7 N–H and O–H groups in total. The Morgan fingerprint density at radius 1 is 1.25 bits per heavy atom. The van der Waals surface area contributed by atoms with E-state index in [1.165, 1.54) is 7.11 Å². The van der Waals surface area contributed by atoms with Gasteiger partial charge in [-0.3, -0.25) is 9.59 Å². The number of carbonyl (C=O) groups is 3. The van der Waals surface area contributed by atoms with Crippen molar-refractivity contribution in [1.29, 1.82) is 0 Å². The Balaban J connectivity index is 1.85. The van der Waals surface area contributed by atoms with Crippen LogP contribution in [-0.4, -0.2) is 49.1 Å². The van der Waals surface area contributed by atoms with E-state index in [1.807, 2.05) is 0 Å². The normalized spacial score (nSPS) is 39.7. The molecule has 0 aromatic heterocycles. The third kappa shape index (κ3) is 1.58. The monoisotopic (exact) mass is 334 g/mol. The van der Waals surface area contributed by atoms with Crippen LogP contribution in [0.5, 0.6) is 0 Å². The smallest absolute Gasteiger partial charge is 0.404 e. The van der Waals surface area contributed by atoms with E-state index in [2.05, 4.69) is 5.32 Å². The van der Waals surface area contributed by atoms with Crippen molar-refractivity contribution in [2.45, 2.75) is 24.1 Å². The number of allylic oxidation sites excluding steroid dienone is 2. The molecule has 1 aliphatic heterocycles. The van der Waals surface area contributed by atoms with Gasteiger partial charge in [0, 0.05) is 30.2 Å². The number of methoxy groups -OCH3 is 1. The third-order valence-electron chi connectivity index (χ3n) is 5.75. The molecule has 1 heterocycles. The molecule has 0 radical (unpaired) electrons. The number of hydrogen-bond acceptors (Lipinski definition) is 8. The van der Waals surface area contributed by atoms with Crippen LogP contribution in [0.25, 0.3) is 0 Å². The predicted molar refractivity (Wildman–Crippen MR) is 80.0 cm³/mol. The molecule has 0 spiro atoms. The number of amides is 1. The highest BCUT2D eigenvalue weighted by Gasteiger charge is 2.73. The van der Waals surface area contributed by atoms with Gasteiger partial charge in [0.2, 0.25) is 11.6 Å². The molecule has 24 heavy (non-hydrogen) atoms.